The van der Waals surface area contributed by atoms with Crippen molar-refractivity contribution in [3.63, 3.8) is 0 Å². The summed E-state index contributed by atoms with van der Waals surface area (Å²) in [5.41, 5.74) is 2.35. The van der Waals surface area contributed by atoms with Gasteiger partial charge in [0.15, 0.2) is 0 Å². The summed E-state index contributed by atoms with van der Waals surface area (Å²) in [6.07, 6.45) is 3.87. The lowest BCUT2D eigenvalue weighted by Crippen LogP contribution is -2.03. The van der Waals surface area contributed by atoms with Crippen molar-refractivity contribution < 1.29 is 9.53 Å². The molecule has 0 spiro atoms. The topological polar surface area (TPSA) is 42.1 Å². The van der Waals surface area contributed by atoms with E-state index in [4.69, 9.17) is 16.3 Å². The molecule has 0 saturated heterocycles. The Morgan fingerprint density at radius 2 is 2.24 bits per heavy atom. The highest BCUT2D eigenvalue weighted by Crippen LogP contribution is 2.36. The van der Waals surface area contributed by atoms with Crippen molar-refractivity contribution in [1.82, 2.24) is 4.98 Å². The van der Waals surface area contributed by atoms with Gasteiger partial charge in [-0.15, -0.1) is 11.8 Å². The van der Waals surface area contributed by atoms with Crippen molar-refractivity contribution in [2.45, 2.75) is 11.8 Å². The van der Waals surface area contributed by atoms with Crippen LogP contribution in [-0.4, -0.2) is 24.3 Å². The standard InChI is InChI=1S/C12H12ClNO2S/c1-6-4-7(12(15)16-2)10(13)9-8(17-3)5-14-11(6)9/h4-5,14H,1-3H3. The smallest absolute Gasteiger partial charge is 0.339 e. The summed E-state index contributed by atoms with van der Waals surface area (Å²) in [6, 6.07) is 1.75. The van der Waals surface area contributed by atoms with Crippen LogP contribution >= 0.6 is 23.4 Å². The molecule has 2 rings (SSSR count). The Morgan fingerprint density at radius 3 is 2.82 bits per heavy atom. The molecule has 0 aliphatic carbocycles. The Kier molecular flexibility index (Phi) is 3.35. The molecule has 0 fully saturated rings. The minimum absolute atomic E-state index is 0.409. The van der Waals surface area contributed by atoms with Crippen molar-refractivity contribution in [2.75, 3.05) is 13.4 Å². The molecule has 0 amide bonds. The zero-order valence-electron chi connectivity index (χ0n) is 9.76. The van der Waals surface area contributed by atoms with E-state index in [-0.39, 0.29) is 0 Å². The normalized spacial score (nSPS) is 10.8. The largest absolute Gasteiger partial charge is 0.465 e. The monoisotopic (exact) mass is 269 g/mol. The number of methoxy groups -OCH3 is 1. The maximum absolute atomic E-state index is 11.6. The molecule has 1 heterocycles. The number of benzene rings is 1. The maximum atomic E-state index is 11.6. The molecule has 17 heavy (non-hydrogen) atoms. The molecular formula is C12H12ClNO2S. The van der Waals surface area contributed by atoms with Gasteiger partial charge in [0.1, 0.15) is 0 Å². The van der Waals surface area contributed by atoms with Gasteiger partial charge in [-0.2, -0.15) is 0 Å². The fourth-order valence-corrected chi connectivity index (χ4v) is 2.81. The Hall–Kier alpha value is -1.13. The van der Waals surface area contributed by atoms with Crippen molar-refractivity contribution >= 4 is 40.2 Å². The average molecular weight is 270 g/mol. The van der Waals surface area contributed by atoms with E-state index < -0.39 is 5.97 Å². The number of nitrogens with one attached hydrogen (secondary N) is 1. The number of carbonyl (C=O) groups is 1. The predicted molar refractivity (Wildman–Crippen MR) is 71.2 cm³/mol. The SMILES string of the molecule is COC(=O)c1cc(C)c2[nH]cc(SC)c2c1Cl. The fourth-order valence-electron chi connectivity index (χ4n) is 1.84. The number of hydrogen-bond acceptors (Lipinski definition) is 3. The van der Waals surface area contributed by atoms with E-state index in [0.717, 1.165) is 21.4 Å². The first-order valence-electron chi connectivity index (χ1n) is 5.02. The molecule has 1 N–H and O–H groups in total. The number of carbonyl (C=O) groups excluding carboxylic acids is 1. The van der Waals surface area contributed by atoms with Crippen LogP contribution in [0.5, 0.6) is 0 Å². The third-order valence-corrected chi connectivity index (χ3v) is 3.83. The minimum atomic E-state index is -0.409. The number of aryl methyl sites for hydroxylation is 1. The number of aromatic amines is 1. The molecule has 2 aromatic rings. The first-order valence-corrected chi connectivity index (χ1v) is 6.63. The van der Waals surface area contributed by atoms with Gasteiger partial charge < -0.3 is 9.72 Å². The summed E-state index contributed by atoms with van der Waals surface area (Å²) in [5, 5.41) is 1.34. The summed E-state index contributed by atoms with van der Waals surface area (Å²) in [4.78, 5) is 15.8. The number of esters is 1. The fraction of sp³-hybridized carbons (Fsp3) is 0.250. The van der Waals surface area contributed by atoms with Crippen LogP contribution in [0, 0.1) is 6.92 Å². The molecule has 0 atom stereocenters. The molecule has 0 aliphatic rings. The van der Waals surface area contributed by atoms with Crippen molar-refractivity contribution in [3.05, 3.63) is 28.4 Å². The number of fused-ring (bicyclic) bond motifs is 1. The minimum Gasteiger partial charge on any atom is -0.465 e. The van der Waals surface area contributed by atoms with Crippen LogP contribution in [0.15, 0.2) is 17.2 Å². The lowest BCUT2D eigenvalue weighted by Gasteiger charge is -2.07. The summed E-state index contributed by atoms with van der Waals surface area (Å²) >= 11 is 7.87. The van der Waals surface area contributed by atoms with Gasteiger partial charge in [0.05, 0.1) is 23.2 Å². The second-order valence-electron chi connectivity index (χ2n) is 3.65. The second-order valence-corrected chi connectivity index (χ2v) is 4.88. The number of thioether (sulfide) groups is 1. The Morgan fingerprint density at radius 1 is 1.53 bits per heavy atom. The highest BCUT2D eigenvalue weighted by atomic mass is 35.5. The Bertz CT molecular complexity index is 592. The molecule has 0 aliphatic heterocycles. The van der Waals surface area contributed by atoms with E-state index in [1.54, 1.807) is 17.8 Å². The molecule has 1 aromatic heterocycles. The van der Waals surface area contributed by atoms with Crippen LogP contribution in [0.4, 0.5) is 0 Å². The van der Waals surface area contributed by atoms with Crippen LogP contribution in [0.3, 0.4) is 0 Å². The van der Waals surface area contributed by atoms with Gasteiger partial charge in [-0.1, -0.05) is 11.6 Å². The molecule has 0 unspecified atom stereocenters. The molecule has 5 heteroatoms. The predicted octanol–water partition coefficient (Wildman–Crippen LogP) is 3.64. The molecule has 0 radical (unpaired) electrons. The zero-order valence-corrected chi connectivity index (χ0v) is 11.3. The lowest BCUT2D eigenvalue weighted by atomic mass is 10.1. The van der Waals surface area contributed by atoms with Crippen molar-refractivity contribution in [2.24, 2.45) is 0 Å². The van der Waals surface area contributed by atoms with Gasteiger partial charge in [-0.25, -0.2) is 4.79 Å². The summed E-state index contributed by atoms with van der Waals surface area (Å²) in [5.74, 6) is -0.409. The zero-order chi connectivity index (χ0) is 12.6. The van der Waals surface area contributed by atoms with Crippen LogP contribution in [0.2, 0.25) is 5.02 Å². The average Bonchev–Trinajstić information content (AvgIpc) is 2.77. The molecule has 0 bridgehead atoms. The first-order chi connectivity index (χ1) is 8.10. The number of halogens is 1. The van der Waals surface area contributed by atoms with E-state index in [1.807, 2.05) is 19.4 Å². The number of aromatic nitrogens is 1. The van der Waals surface area contributed by atoms with Gasteiger partial charge >= 0.3 is 5.97 Å². The van der Waals surface area contributed by atoms with E-state index in [9.17, 15) is 4.79 Å². The quantitative estimate of drug-likeness (QED) is 0.669. The van der Waals surface area contributed by atoms with Gasteiger partial charge in [0.25, 0.3) is 0 Å². The highest BCUT2D eigenvalue weighted by molar-refractivity contribution is 7.98. The van der Waals surface area contributed by atoms with E-state index in [2.05, 4.69) is 4.98 Å². The molecular weight excluding hydrogens is 258 g/mol. The van der Waals surface area contributed by atoms with E-state index >= 15 is 0 Å². The molecule has 0 saturated carbocycles. The number of ether oxygens (including phenoxy) is 1. The third kappa shape index (κ3) is 1.91. The first kappa shape index (κ1) is 12.3. The summed E-state index contributed by atoms with van der Waals surface area (Å²) in [7, 11) is 1.35. The summed E-state index contributed by atoms with van der Waals surface area (Å²) < 4.78 is 4.73. The third-order valence-electron chi connectivity index (χ3n) is 2.68. The van der Waals surface area contributed by atoms with Crippen molar-refractivity contribution in [1.29, 1.82) is 0 Å². The van der Waals surface area contributed by atoms with Gasteiger partial charge in [0.2, 0.25) is 0 Å². The van der Waals surface area contributed by atoms with E-state index in [0.29, 0.717) is 10.6 Å². The second kappa shape index (κ2) is 4.63. The van der Waals surface area contributed by atoms with Gasteiger partial charge in [-0.3, -0.25) is 0 Å². The summed E-state index contributed by atoms with van der Waals surface area (Å²) in [6.45, 7) is 1.94. The van der Waals surface area contributed by atoms with E-state index in [1.165, 1.54) is 7.11 Å². The van der Waals surface area contributed by atoms with Crippen LogP contribution in [-0.2, 0) is 4.74 Å². The highest BCUT2D eigenvalue weighted by Gasteiger charge is 2.18. The molecule has 90 valence electrons. The van der Waals surface area contributed by atoms with Crippen LogP contribution in [0.1, 0.15) is 15.9 Å². The van der Waals surface area contributed by atoms with Crippen molar-refractivity contribution in [3.8, 4) is 0 Å². The number of rotatable bonds is 2. The molecule has 3 nitrogen and oxygen atoms in total. The van der Waals surface area contributed by atoms with Gasteiger partial charge in [-0.05, 0) is 24.8 Å². The number of H-pyrrole nitrogens is 1. The molecule has 1 aromatic carbocycles. The van der Waals surface area contributed by atoms with Gasteiger partial charge in [0, 0.05) is 16.5 Å². The van der Waals surface area contributed by atoms with Crippen LogP contribution < -0.4 is 0 Å². The van der Waals surface area contributed by atoms with Crippen LogP contribution in [0.25, 0.3) is 10.9 Å². The maximum Gasteiger partial charge on any atom is 0.339 e. The number of hydrogen-bond donors (Lipinski definition) is 1. The lowest BCUT2D eigenvalue weighted by molar-refractivity contribution is 0.0601. The Labute approximate surface area is 108 Å². The Balaban J connectivity index is 2.81.